The standard InChI is InChI=1S/C25H20F4N4O3/c1-25(11-34)10-32-24(35-12-25)33-14-7-18(28)22(19(29)8-14)36-20-4-5-30-23-21(20)15(9-31-23)13-2-3-16(26)17(27)6-13/h2-9,34H,10-12H2,1H3,(H,30,31)(H,32,33)/t25-/m1/s1. The smallest absolute Gasteiger partial charge is 0.289 e. The topological polar surface area (TPSA) is 91.8 Å². The Morgan fingerprint density at radius 1 is 1.08 bits per heavy atom. The molecule has 4 aromatic rings. The van der Waals surface area contributed by atoms with Crippen molar-refractivity contribution in [3.63, 3.8) is 0 Å². The summed E-state index contributed by atoms with van der Waals surface area (Å²) in [6.07, 6.45) is 2.90. The van der Waals surface area contributed by atoms with Gasteiger partial charge in [0.15, 0.2) is 29.0 Å². The van der Waals surface area contributed by atoms with Gasteiger partial charge < -0.3 is 24.9 Å². The van der Waals surface area contributed by atoms with Crippen LogP contribution in [-0.2, 0) is 4.74 Å². The van der Waals surface area contributed by atoms with Crippen LogP contribution in [0.5, 0.6) is 11.5 Å². The summed E-state index contributed by atoms with van der Waals surface area (Å²) < 4.78 is 68.2. The number of anilines is 1. The van der Waals surface area contributed by atoms with Gasteiger partial charge in [-0.15, -0.1) is 0 Å². The zero-order chi connectivity index (χ0) is 25.4. The minimum atomic E-state index is -1.04. The molecule has 0 unspecified atom stereocenters. The van der Waals surface area contributed by atoms with Gasteiger partial charge in [0.1, 0.15) is 18.0 Å². The van der Waals surface area contributed by atoms with Crippen molar-refractivity contribution in [2.24, 2.45) is 10.4 Å². The van der Waals surface area contributed by atoms with Crippen molar-refractivity contribution in [3.8, 4) is 22.6 Å². The van der Waals surface area contributed by atoms with Crippen LogP contribution in [0.1, 0.15) is 6.92 Å². The van der Waals surface area contributed by atoms with E-state index >= 15 is 0 Å². The zero-order valence-electron chi connectivity index (χ0n) is 18.9. The summed E-state index contributed by atoms with van der Waals surface area (Å²) in [5, 5.41) is 12.4. The van der Waals surface area contributed by atoms with E-state index in [0.717, 1.165) is 24.3 Å². The maximum absolute atomic E-state index is 14.9. The number of aliphatic hydroxyl groups is 1. The molecule has 186 valence electrons. The number of ether oxygens (including phenoxy) is 2. The number of aliphatic hydroxyl groups excluding tert-OH is 1. The number of nitrogens with one attached hydrogen (secondary N) is 2. The molecule has 0 aliphatic carbocycles. The third-order valence-corrected chi connectivity index (χ3v) is 5.77. The monoisotopic (exact) mass is 500 g/mol. The highest BCUT2D eigenvalue weighted by atomic mass is 19.2. The number of aliphatic imine (C=N–C) groups is 1. The van der Waals surface area contributed by atoms with E-state index in [1.165, 1.54) is 24.5 Å². The quantitative estimate of drug-likeness (QED) is 0.320. The van der Waals surface area contributed by atoms with Crippen LogP contribution in [0, 0.1) is 28.7 Å². The molecule has 1 atom stereocenters. The van der Waals surface area contributed by atoms with Gasteiger partial charge in [0.25, 0.3) is 6.02 Å². The fraction of sp³-hybridized carbons (Fsp3) is 0.200. The van der Waals surface area contributed by atoms with E-state index in [2.05, 4.69) is 20.3 Å². The molecule has 0 amide bonds. The first-order chi connectivity index (χ1) is 17.3. The molecule has 1 aliphatic rings. The fourth-order valence-electron chi connectivity index (χ4n) is 3.73. The summed E-state index contributed by atoms with van der Waals surface area (Å²) in [6.45, 7) is 2.17. The average molecular weight is 500 g/mol. The Morgan fingerprint density at radius 2 is 1.86 bits per heavy atom. The lowest BCUT2D eigenvalue weighted by Crippen LogP contribution is -2.38. The van der Waals surface area contributed by atoms with Crippen LogP contribution >= 0.6 is 0 Å². The van der Waals surface area contributed by atoms with Crippen LogP contribution < -0.4 is 10.1 Å². The van der Waals surface area contributed by atoms with Gasteiger partial charge in [-0.05, 0) is 23.8 Å². The first kappa shape index (κ1) is 23.6. The predicted octanol–water partition coefficient (Wildman–Crippen LogP) is 5.38. The lowest BCUT2D eigenvalue weighted by Gasteiger charge is -2.30. The molecule has 0 fully saturated rings. The van der Waals surface area contributed by atoms with Crippen molar-refractivity contribution in [2.45, 2.75) is 6.92 Å². The summed E-state index contributed by atoms with van der Waals surface area (Å²) in [6, 6.07) is 6.90. The number of benzene rings is 2. The van der Waals surface area contributed by atoms with Gasteiger partial charge in [-0.2, -0.15) is 0 Å². The maximum atomic E-state index is 14.9. The average Bonchev–Trinajstić information content (AvgIpc) is 3.30. The molecule has 2 aromatic carbocycles. The van der Waals surface area contributed by atoms with Crippen LogP contribution in [0.15, 0.2) is 53.8 Å². The predicted molar refractivity (Wildman–Crippen MR) is 125 cm³/mol. The number of halogens is 4. The molecule has 11 heteroatoms. The van der Waals surface area contributed by atoms with Gasteiger partial charge in [0.05, 0.1) is 18.5 Å². The van der Waals surface area contributed by atoms with Gasteiger partial charge >= 0.3 is 0 Å². The number of H-pyrrole nitrogens is 1. The Hall–Kier alpha value is -4.12. The minimum absolute atomic E-state index is 0.0488. The number of hydrogen-bond acceptors (Lipinski definition) is 6. The molecule has 0 radical (unpaired) electrons. The molecule has 0 saturated carbocycles. The number of fused-ring (bicyclic) bond motifs is 1. The molecule has 7 nitrogen and oxygen atoms in total. The normalized spacial score (nSPS) is 17.6. The van der Waals surface area contributed by atoms with Crippen molar-refractivity contribution in [1.29, 1.82) is 0 Å². The first-order valence-electron chi connectivity index (χ1n) is 10.9. The number of nitrogens with zero attached hydrogens (tertiary/aromatic N) is 2. The number of aromatic amines is 1. The highest BCUT2D eigenvalue weighted by Crippen LogP contribution is 2.39. The second-order valence-corrected chi connectivity index (χ2v) is 8.74. The number of pyridine rings is 1. The van der Waals surface area contributed by atoms with Crippen LogP contribution in [0.4, 0.5) is 23.2 Å². The van der Waals surface area contributed by atoms with E-state index in [0.29, 0.717) is 22.2 Å². The lowest BCUT2D eigenvalue weighted by atomic mass is 9.93. The Balaban J connectivity index is 1.45. The zero-order valence-corrected chi connectivity index (χ0v) is 18.9. The molecule has 3 N–H and O–H groups in total. The molecule has 36 heavy (non-hydrogen) atoms. The number of amidine groups is 1. The largest absolute Gasteiger partial charge is 0.464 e. The van der Waals surface area contributed by atoms with Gasteiger partial charge in [0, 0.05) is 41.2 Å². The summed E-state index contributed by atoms with van der Waals surface area (Å²) in [4.78, 5) is 11.2. The number of hydrogen-bond donors (Lipinski definition) is 3. The molecule has 2 aromatic heterocycles. The second-order valence-electron chi connectivity index (χ2n) is 8.74. The van der Waals surface area contributed by atoms with Crippen molar-refractivity contribution >= 4 is 22.7 Å². The molecular formula is C25H20F4N4O3. The first-order valence-corrected chi connectivity index (χ1v) is 10.9. The second kappa shape index (κ2) is 9.15. The maximum Gasteiger partial charge on any atom is 0.289 e. The van der Waals surface area contributed by atoms with Crippen molar-refractivity contribution < 1.29 is 32.1 Å². The summed E-state index contributed by atoms with van der Waals surface area (Å²) in [5.41, 5.74) is 0.588. The van der Waals surface area contributed by atoms with E-state index in [1.807, 2.05) is 0 Å². The van der Waals surface area contributed by atoms with Gasteiger partial charge in [-0.1, -0.05) is 13.0 Å². The summed E-state index contributed by atoms with van der Waals surface area (Å²) in [5.74, 6) is -4.64. The molecular weight excluding hydrogens is 480 g/mol. The van der Waals surface area contributed by atoms with E-state index in [-0.39, 0.29) is 37.2 Å². The third-order valence-electron chi connectivity index (χ3n) is 5.77. The molecule has 0 spiro atoms. The number of aromatic nitrogens is 2. The Kier molecular flexibility index (Phi) is 6.00. The van der Waals surface area contributed by atoms with E-state index < -0.39 is 34.4 Å². The van der Waals surface area contributed by atoms with Gasteiger partial charge in [-0.3, -0.25) is 0 Å². The Morgan fingerprint density at radius 3 is 2.53 bits per heavy atom. The minimum Gasteiger partial charge on any atom is -0.464 e. The van der Waals surface area contributed by atoms with Crippen LogP contribution in [-0.4, -0.2) is 40.9 Å². The highest BCUT2D eigenvalue weighted by molar-refractivity contribution is 5.98. The molecule has 1 aliphatic heterocycles. The molecule has 0 saturated heterocycles. The van der Waals surface area contributed by atoms with E-state index in [9.17, 15) is 22.7 Å². The van der Waals surface area contributed by atoms with Crippen LogP contribution in [0.25, 0.3) is 22.2 Å². The van der Waals surface area contributed by atoms with Crippen LogP contribution in [0.2, 0.25) is 0 Å². The fourth-order valence-corrected chi connectivity index (χ4v) is 3.73. The van der Waals surface area contributed by atoms with E-state index in [1.54, 1.807) is 6.92 Å². The van der Waals surface area contributed by atoms with Crippen molar-refractivity contribution in [3.05, 3.63) is 72.1 Å². The SMILES string of the molecule is C[C@]1(CO)CN=C(Nc2cc(F)c(Oc3ccnc4[nH]cc(-c5ccc(F)c(F)c5)c34)c(F)c2)OC1. The lowest BCUT2D eigenvalue weighted by molar-refractivity contribution is 0.0706. The van der Waals surface area contributed by atoms with Crippen molar-refractivity contribution in [1.82, 2.24) is 9.97 Å². The molecule has 0 bridgehead atoms. The Bertz CT molecular complexity index is 1470. The Labute approximate surface area is 202 Å². The van der Waals surface area contributed by atoms with Crippen molar-refractivity contribution in [2.75, 3.05) is 25.1 Å². The number of rotatable bonds is 5. The van der Waals surface area contributed by atoms with Gasteiger partial charge in [-0.25, -0.2) is 27.5 Å². The van der Waals surface area contributed by atoms with Gasteiger partial charge in [0.2, 0.25) is 0 Å². The third kappa shape index (κ3) is 4.44. The van der Waals surface area contributed by atoms with Crippen LogP contribution in [0.3, 0.4) is 0 Å². The highest BCUT2D eigenvalue weighted by Gasteiger charge is 2.29. The van der Waals surface area contributed by atoms with E-state index in [4.69, 9.17) is 9.47 Å². The summed E-state index contributed by atoms with van der Waals surface area (Å²) >= 11 is 0. The molecule has 3 heterocycles. The summed E-state index contributed by atoms with van der Waals surface area (Å²) in [7, 11) is 0. The molecule has 5 rings (SSSR count).